The maximum absolute atomic E-state index is 11.8. The molecule has 0 spiro atoms. The third-order valence-corrected chi connectivity index (χ3v) is 3.30. The van der Waals surface area contributed by atoms with Gasteiger partial charge in [-0.05, 0) is 28.8 Å². The molecule has 5 nitrogen and oxygen atoms in total. The van der Waals surface area contributed by atoms with Gasteiger partial charge in [0.2, 0.25) is 5.30 Å². The minimum absolute atomic E-state index is 0.462. The fourth-order valence-electron chi connectivity index (χ4n) is 1.12. The van der Waals surface area contributed by atoms with Crippen LogP contribution in [0.15, 0.2) is 29.4 Å². The quantitative estimate of drug-likeness (QED) is 0.482. The second-order valence-electron chi connectivity index (χ2n) is 4.73. The van der Waals surface area contributed by atoms with E-state index in [0.29, 0.717) is 17.6 Å². The molecule has 0 heterocycles. The van der Waals surface area contributed by atoms with Crippen molar-refractivity contribution in [3.63, 3.8) is 0 Å². The van der Waals surface area contributed by atoms with Gasteiger partial charge in [-0.25, -0.2) is 5.53 Å². The Morgan fingerprint density at radius 2 is 1.88 bits per heavy atom. The molecule has 0 aliphatic heterocycles. The number of rotatable bonds is 6. The first-order valence-electron chi connectivity index (χ1n) is 5.30. The first-order valence-corrected chi connectivity index (χ1v) is 6.48. The lowest BCUT2D eigenvalue weighted by Gasteiger charge is -2.21. The van der Waals surface area contributed by atoms with Gasteiger partial charge in [0.05, 0.1) is 26.8 Å². The predicted molar refractivity (Wildman–Crippen MR) is 67.3 cm³/mol. The van der Waals surface area contributed by atoms with Gasteiger partial charge in [0.15, 0.2) is 6.61 Å². The zero-order valence-corrected chi connectivity index (χ0v) is 11.3. The van der Waals surface area contributed by atoms with E-state index in [1.807, 2.05) is 0 Å². The zero-order valence-electron chi connectivity index (χ0n) is 10.4. The first-order chi connectivity index (χ1) is 7.92. The van der Waals surface area contributed by atoms with E-state index in [1.54, 1.807) is 24.3 Å². The van der Waals surface area contributed by atoms with Crippen LogP contribution in [0.25, 0.3) is 0 Å². The van der Waals surface area contributed by atoms with Crippen LogP contribution in [-0.2, 0) is 9.09 Å². The number of hydrogen-bond acceptors (Lipinski definition) is 4. The second kappa shape index (κ2) is 5.96. The van der Waals surface area contributed by atoms with Crippen molar-refractivity contribution in [3.05, 3.63) is 24.3 Å². The van der Waals surface area contributed by atoms with E-state index in [1.165, 1.54) is 0 Å². The van der Waals surface area contributed by atoms with E-state index < -0.39 is 8.03 Å². The van der Waals surface area contributed by atoms with Gasteiger partial charge in [-0.3, -0.25) is 0 Å². The van der Waals surface area contributed by atoms with E-state index in [4.69, 9.17) is 10.1 Å². The molecule has 1 atom stereocenters. The van der Waals surface area contributed by atoms with Crippen molar-refractivity contribution in [2.75, 3.05) is 34.3 Å². The van der Waals surface area contributed by atoms with Crippen LogP contribution in [0.2, 0.25) is 0 Å². The van der Waals surface area contributed by atoms with Gasteiger partial charge in [-0.15, -0.1) is 4.52 Å². The highest BCUT2D eigenvalue weighted by Crippen LogP contribution is 2.22. The Morgan fingerprint density at radius 1 is 1.29 bits per heavy atom. The molecule has 0 aliphatic carbocycles. The van der Waals surface area contributed by atoms with Gasteiger partial charge in [-0.2, -0.15) is 5.11 Å². The molecule has 17 heavy (non-hydrogen) atoms. The number of nitrogens with one attached hydrogen (secondary N) is 1. The highest BCUT2D eigenvalue weighted by Gasteiger charge is 2.23. The molecule has 0 aliphatic rings. The molecule has 92 valence electrons. The maximum atomic E-state index is 11.8. The fourth-order valence-corrected chi connectivity index (χ4v) is 1.91. The lowest BCUT2D eigenvalue weighted by atomic mass is 10.3. The van der Waals surface area contributed by atoms with E-state index in [-0.39, 0.29) is 0 Å². The summed E-state index contributed by atoms with van der Waals surface area (Å²) in [6.07, 6.45) is 0. The van der Waals surface area contributed by atoms with Crippen molar-refractivity contribution in [2.45, 2.75) is 0 Å². The Bertz CT molecular complexity index is 398. The zero-order chi connectivity index (χ0) is 12.9. The number of quaternary nitrogens is 1. The summed E-state index contributed by atoms with van der Waals surface area (Å²) in [6, 6.07) is 6.66. The molecule has 1 aromatic carbocycles. The molecule has 1 rings (SSSR count). The smallest absolute Gasteiger partial charge is 0.329 e. The molecule has 0 bridgehead atoms. The molecular formula is C11H18N3O2P+2. The SMILES string of the molecule is C[N+](C)(C)CCO[P+](=O)c1ccc(N=N)cc1. The monoisotopic (exact) mass is 255 g/mol. The highest BCUT2D eigenvalue weighted by atomic mass is 31.1. The van der Waals surface area contributed by atoms with Gasteiger partial charge in [0.25, 0.3) is 0 Å². The molecule has 0 amide bonds. The largest absolute Gasteiger partial charge is 0.548 e. The Kier molecular flexibility index (Phi) is 4.87. The molecule has 0 saturated carbocycles. The van der Waals surface area contributed by atoms with Gasteiger partial charge in [0, 0.05) is 0 Å². The second-order valence-corrected chi connectivity index (χ2v) is 6.02. The minimum Gasteiger partial charge on any atom is -0.329 e. The van der Waals surface area contributed by atoms with Crippen LogP contribution in [0.4, 0.5) is 5.69 Å². The first kappa shape index (κ1) is 13.9. The Morgan fingerprint density at radius 3 is 2.35 bits per heavy atom. The van der Waals surface area contributed by atoms with Gasteiger partial charge < -0.3 is 4.48 Å². The Balaban J connectivity index is 2.49. The van der Waals surface area contributed by atoms with Crippen molar-refractivity contribution in [2.24, 2.45) is 5.11 Å². The third-order valence-electron chi connectivity index (χ3n) is 2.16. The summed E-state index contributed by atoms with van der Waals surface area (Å²) in [5, 5.41) is 3.91. The number of nitrogens with zero attached hydrogens (tertiary/aromatic N) is 2. The van der Waals surface area contributed by atoms with E-state index in [0.717, 1.165) is 11.0 Å². The van der Waals surface area contributed by atoms with Gasteiger partial charge in [0.1, 0.15) is 6.54 Å². The van der Waals surface area contributed by atoms with Crippen molar-refractivity contribution >= 4 is 19.0 Å². The summed E-state index contributed by atoms with van der Waals surface area (Å²) in [7, 11) is 4.36. The van der Waals surface area contributed by atoms with E-state index >= 15 is 0 Å². The van der Waals surface area contributed by atoms with Crippen molar-refractivity contribution in [1.82, 2.24) is 0 Å². The lowest BCUT2D eigenvalue weighted by Crippen LogP contribution is -2.37. The van der Waals surface area contributed by atoms with Crippen LogP contribution in [0.3, 0.4) is 0 Å². The van der Waals surface area contributed by atoms with Crippen molar-refractivity contribution in [1.29, 1.82) is 5.53 Å². The van der Waals surface area contributed by atoms with E-state index in [2.05, 4.69) is 26.3 Å². The Labute approximate surface area is 102 Å². The lowest BCUT2D eigenvalue weighted by molar-refractivity contribution is -0.870. The van der Waals surface area contributed by atoms with Crippen LogP contribution in [-0.4, -0.2) is 38.8 Å². The topological polar surface area (TPSA) is 62.5 Å². The maximum Gasteiger partial charge on any atom is 0.548 e. The summed E-state index contributed by atoms with van der Waals surface area (Å²) in [4.78, 5) is 0. The summed E-state index contributed by atoms with van der Waals surface area (Å²) in [5.74, 6) is 0. The van der Waals surface area contributed by atoms with Crippen LogP contribution < -0.4 is 5.30 Å². The summed E-state index contributed by atoms with van der Waals surface area (Å²) in [6.45, 7) is 1.27. The fraction of sp³-hybridized carbons (Fsp3) is 0.455. The van der Waals surface area contributed by atoms with E-state index in [9.17, 15) is 4.57 Å². The molecule has 1 N–H and O–H groups in total. The van der Waals surface area contributed by atoms with Crippen LogP contribution in [0.1, 0.15) is 0 Å². The number of benzene rings is 1. The molecule has 0 saturated heterocycles. The van der Waals surface area contributed by atoms with Crippen LogP contribution in [0, 0.1) is 5.53 Å². The molecule has 0 radical (unpaired) electrons. The van der Waals surface area contributed by atoms with Gasteiger partial charge in [-0.1, -0.05) is 0 Å². The summed E-state index contributed by atoms with van der Waals surface area (Å²) < 4.78 is 17.8. The van der Waals surface area contributed by atoms with Gasteiger partial charge >= 0.3 is 8.03 Å². The molecule has 0 aromatic heterocycles. The Hall–Kier alpha value is -1.16. The summed E-state index contributed by atoms with van der Waals surface area (Å²) >= 11 is 0. The third kappa shape index (κ3) is 5.13. The van der Waals surface area contributed by atoms with Crippen molar-refractivity contribution < 1.29 is 13.6 Å². The van der Waals surface area contributed by atoms with Crippen molar-refractivity contribution in [3.8, 4) is 0 Å². The molecule has 6 heteroatoms. The molecule has 0 fully saturated rings. The number of hydrogen-bond donors (Lipinski definition) is 1. The average Bonchev–Trinajstić information content (AvgIpc) is 2.27. The number of likely N-dealkylation sites (N-methyl/N-ethyl adjacent to an activating group) is 1. The standard InChI is InChI=1S/C11H18N3O2P/c1-14(2,3)8-9-16-17(15)11-6-4-10(13-12)5-7-11/h4-7,12H,8-9H2,1-3H3/q+2. The van der Waals surface area contributed by atoms with Crippen LogP contribution in [0.5, 0.6) is 0 Å². The summed E-state index contributed by atoms with van der Waals surface area (Å²) in [5.41, 5.74) is 7.36. The normalized spacial score (nSPS) is 12.3. The highest BCUT2D eigenvalue weighted by molar-refractivity contribution is 7.48. The average molecular weight is 255 g/mol. The molecular weight excluding hydrogens is 237 g/mol. The molecule has 1 unspecified atom stereocenters. The van der Waals surface area contributed by atoms with Crippen LogP contribution >= 0.6 is 8.03 Å². The predicted octanol–water partition coefficient (Wildman–Crippen LogP) is 2.44. The molecule has 1 aromatic rings. The minimum atomic E-state index is -1.81.